The molecule has 0 radical (unpaired) electrons. The number of aromatic nitrogens is 1. The Hall–Kier alpha value is -0.410. The second kappa shape index (κ2) is 3.07. The third-order valence-electron chi connectivity index (χ3n) is 2.94. The van der Waals surface area contributed by atoms with Crippen LogP contribution in [0.2, 0.25) is 0 Å². The van der Waals surface area contributed by atoms with E-state index in [-0.39, 0.29) is 0 Å². The highest BCUT2D eigenvalue weighted by Crippen LogP contribution is 2.42. The first-order valence-electron chi connectivity index (χ1n) is 5.09. The van der Waals surface area contributed by atoms with Crippen LogP contribution in [0.25, 0.3) is 0 Å². The third-order valence-corrected chi connectivity index (χ3v) is 3.97. The summed E-state index contributed by atoms with van der Waals surface area (Å²) in [5.74, 6) is 1.52. The molecule has 3 heteroatoms. The second-order valence-electron chi connectivity index (χ2n) is 4.07. The first-order chi connectivity index (χ1) is 6.43. The molecule has 1 unspecified atom stereocenters. The predicted octanol–water partition coefficient (Wildman–Crippen LogP) is 2.10. The van der Waals surface area contributed by atoms with E-state index in [0.29, 0.717) is 5.92 Å². The molecular weight excluding hydrogens is 180 g/mol. The lowest BCUT2D eigenvalue weighted by Crippen LogP contribution is -2.08. The SMILES string of the molecule is c1sc(C2CC2)nc1C1CCNC1. The minimum atomic E-state index is 0.698. The zero-order chi connectivity index (χ0) is 8.67. The van der Waals surface area contributed by atoms with Crippen molar-refractivity contribution in [2.45, 2.75) is 31.1 Å². The van der Waals surface area contributed by atoms with Gasteiger partial charge in [0.05, 0.1) is 10.7 Å². The van der Waals surface area contributed by atoms with Crippen LogP contribution in [0.4, 0.5) is 0 Å². The van der Waals surface area contributed by atoms with E-state index in [9.17, 15) is 0 Å². The molecule has 0 aromatic carbocycles. The largest absolute Gasteiger partial charge is 0.316 e. The fourth-order valence-corrected chi connectivity index (χ4v) is 2.99. The number of rotatable bonds is 2. The van der Waals surface area contributed by atoms with Crippen molar-refractivity contribution in [3.63, 3.8) is 0 Å². The highest BCUT2D eigenvalue weighted by molar-refractivity contribution is 7.09. The lowest BCUT2D eigenvalue weighted by molar-refractivity contribution is 0.736. The van der Waals surface area contributed by atoms with Crippen LogP contribution in [0.15, 0.2) is 5.38 Å². The molecule has 13 heavy (non-hydrogen) atoms. The lowest BCUT2D eigenvalue weighted by atomic mass is 10.1. The summed E-state index contributed by atoms with van der Waals surface area (Å²) in [5.41, 5.74) is 1.34. The summed E-state index contributed by atoms with van der Waals surface area (Å²) < 4.78 is 0. The fraction of sp³-hybridized carbons (Fsp3) is 0.700. The van der Waals surface area contributed by atoms with Gasteiger partial charge in [-0.05, 0) is 25.8 Å². The van der Waals surface area contributed by atoms with Crippen LogP contribution in [0.3, 0.4) is 0 Å². The van der Waals surface area contributed by atoms with Gasteiger partial charge in [-0.3, -0.25) is 0 Å². The van der Waals surface area contributed by atoms with Crippen LogP contribution < -0.4 is 5.32 Å². The molecule has 1 aliphatic carbocycles. The number of thiazole rings is 1. The van der Waals surface area contributed by atoms with Gasteiger partial charge in [-0.15, -0.1) is 11.3 Å². The van der Waals surface area contributed by atoms with Crippen LogP contribution in [0.5, 0.6) is 0 Å². The van der Waals surface area contributed by atoms with E-state index in [4.69, 9.17) is 4.98 Å². The van der Waals surface area contributed by atoms with Crippen molar-refractivity contribution in [2.24, 2.45) is 0 Å². The summed E-state index contributed by atoms with van der Waals surface area (Å²) in [5, 5.41) is 7.05. The normalized spacial score (nSPS) is 28.2. The molecule has 1 aromatic rings. The minimum absolute atomic E-state index is 0.698. The molecule has 1 aliphatic heterocycles. The smallest absolute Gasteiger partial charge is 0.0959 e. The van der Waals surface area contributed by atoms with Gasteiger partial charge >= 0.3 is 0 Å². The molecule has 1 aromatic heterocycles. The monoisotopic (exact) mass is 194 g/mol. The van der Waals surface area contributed by atoms with E-state index in [2.05, 4.69) is 10.7 Å². The lowest BCUT2D eigenvalue weighted by Gasteiger charge is -2.01. The molecule has 3 rings (SSSR count). The first kappa shape index (κ1) is 7.94. The van der Waals surface area contributed by atoms with Crippen LogP contribution >= 0.6 is 11.3 Å². The molecule has 1 saturated carbocycles. The molecular formula is C10H14N2S. The highest BCUT2D eigenvalue weighted by Gasteiger charge is 2.28. The fourth-order valence-electron chi connectivity index (χ4n) is 1.91. The van der Waals surface area contributed by atoms with Crippen molar-refractivity contribution < 1.29 is 0 Å². The minimum Gasteiger partial charge on any atom is -0.316 e. The standard InChI is InChI=1S/C10H14N2S/c1-2-7(1)10-12-9(6-13-10)8-3-4-11-5-8/h6-8,11H,1-5H2. The Bertz CT molecular complexity index is 298. The summed E-state index contributed by atoms with van der Waals surface area (Å²) >= 11 is 1.87. The third kappa shape index (κ3) is 1.51. The Labute approximate surface area is 82.4 Å². The van der Waals surface area contributed by atoms with E-state index in [0.717, 1.165) is 12.5 Å². The van der Waals surface area contributed by atoms with Gasteiger partial charge in [-0.2, -0.15) is 0 Å². The van der Waals surface area contributed by atoms with Crippen molar-refractivity contribution in [3.8, 4) is 0 Å². The molecule has 2 fully saturated rings. The van der Waals surface area contributed by atoms with Crippen LogP contribution in [0.1, 0.15) is 41.8 Å². The van der Waals surface area contributed by atoms with Gasteiger partial charge in [-0.25, -0.2) is 4.98 Å². The quantitative estimate of drug-likeness (QED) is 0.780. The maximum absolute atomic E-state index is 4.73. The Morgan fingerprint density at radius 2 is 2.23 bits per heavy atom. The van der Waals surface area contributed by atoms with Crippen LogP contribution in [-0.4, -0.2) is 18.1 Å². The maximum atomic E-state index is 4.73. The molecule has 0 spiro atoms. The molecule has 1 N–H and O–H groups in total. The van der Waals surface area contributed by atoms with Crippen molar-refractivity contribution in [1.29, 1.82) is 0 Å². The summed E-state index contributed by atoms with van der Waals surface area (Å²) in [7, 11) is 0. The zero-order valence-electron chi connectivity index (χ0n) is 7.62. The van der Waals surface area contributed by atoms with Crippen molar-refractivity contribution in [1.82, 2.24) is 10.3 Å². The Morgan fingerprint density at radius 1 is 1.31 bits per heavy atom. The molecule has 2 aliphatic rings. The van der Waals surface area contributed by atoms with Gasteiger partial charge < -0.3 is 5.32 Å². The number of nitrogens with zero attached hydrogens (tertiary/aromatic N) is 1. The zero-order valence-corrected chi connectivity index (χ0v) is 8.44. The average molecular weight is 194 g/mol. The van der Waals surface area contributed by atoms with Gasteiger partial charge in [0.1, 0.15) is 0 Å². The van der Waals surface area contributed by atoms with E-state index in [1.165, 1.54) is 36.5 Å². The van der Waals surface area contributed by atoms with Crippen LogP contribution in [-0.2, 0) is 0 Å². The Morgan fingerprint density at radius 3 is 2.92 bits per heavy atom. The molecule has 1 atom stereocenters. The summed E-state index contributed by atoms with van der Waals surface area (Å²) in [6, 6.07) is 0. The molecule has 0 bridgehead atoms. The van der Waals surface area contributed by atoms with Crippen LogP contribution in [0, 0.1) is 0 Å². The molecule has 70 valence electrons. The first-order valence-corrected chi connectivity index (χ1v) is 5.97. The molecule has 2 heterocycles. The van der Waals surface area contributed by atoms with Gasteiger partial charge in [0.15, 0.2) is 0 Å². The molecule has 0 amide bonds. The second-order valence-corrected chi connectivity index (χ2v) is 4.96. The van der Waals surface area contributed by atoms with Gasteiger partial charge in [-0.1, -0.05) is 0 Å². The summed E-state index contributed by atoms with van der Waals surface area (Å²) in [4.78, 5) is 4.73. The van der Waals surface area contributed by atoms with E-state index in [1.54, 1.807) is 0 Å². The predicted molar refractivity (Wildman–Crippen MR) is 54.3 cm³/mol. The van der Waals surface area contributed by atoms with Crippen molar-refractivity contribution in [2.75, 3.05) is 13.1 Å². The average Bonchev–Trinajstić information content (AvgIpc) is 2.72. The molecule has 1 saturated heterocycles. The van der Waals surface area contributed by atoms with E-state index >= 15 is 0 Å². The van der Waals surface area contributed by atoms with Gasteiger partial charge in [0.25, 0.3) is 0 Å². The van der Waals surface area contributed by atoms with E-state index in [1.807, 2.05) is 11.3 Å². The van der Waals surface area contributed by atoms with Crippen molar-refractivity contribution >= 4 is 11.3 Å². The Kier molecular flexibility index (Phi) is 1.87. The summed E-state index contributed by atoms with van der Waals surface area (Å²) in [6.07, 6.45) is 4.01. The van der Waals surface area contributed by atoms with Crippen molar-refractivity contribution in [3.05, 3.63) is 16.1 Å². The summed E-state index contributed by atoms with van der Waals surface area (Å²) in [6.45, 7) is 2.30. The Balaban J connectivity index is 1.79. The highest BCUT2D eigenvalue weighted by atomic mass is 32.1. The van der Waals surface area contributed by atoms with Gasteiger partial charge in [0.2, 0.25) is 0 Å². The topological polar surface area (TPSA) is 24.9 Å². The number of hydrogen-bond acceptors (Lipinski definition) is 3. The molecule has 2 nitrogen and oxygen atoms in total. The van der Waals surface area contributed by atoms with E-state index < -0.39 is 0 Å². The number of nitrogens with one attached hydrogen (secondary N) is 1. The van der Waals surface area contributed by atoms with Gasteiger partial charge in [0, 0.05) is 23.8 Å². The number of hydrogen-bond donors (Lipinski definition) is 1. The maximum Gasteiger partial charge on any atom is 0.0959 e.